The van der Waals surface area contributed by atoms with Gasteiger partial charge in [0.2, 0.25) is 0 Å². The number of carboxylic acid groups (broad SMARTS) is 1. The summed E-state index contributed by atoms with van der Waals surface area (Å²) in [5.41, 5.74) is 0.544. The van der Waals surface area contributed by atoms with E-state index in [1.54, 1.807) is 26.0 Å². The van der Waals surface area contributed by atoms with Crippen LogP contribution in [0, 0.1) is 3.57 Å². The number of halogens is 1. The fourth-order valence-electron chi connectivity index (χ4n) is 1.42. The van der Waals surface area contributed by atoms with Crippen LogP contribution >= 0.6 is 22.6 Å². The molecule has 1 amide bonds. The lowest BCUT2D eigenvalue weighted by Crippen LogP contribution is -2.40. The van der Waals surface area contributed by atoms with Crippen molar-refractivity contribution in [3.63, 3.8) is 0 Å². The quantitative estimate of drug-likeness (QED) is 0.850. The highest BCUT2D eigenvalue weighted by Crippen LogP contribution is 2.15. The largest absolute Gasteiger partial charge is 0.480 e. The topological polar surface area (TPSA) is 57.6 Å². The lowest BCUT2D eigenvalue weighted by Gasteiger charge is -2.25. The molecule has 0 aliphatic rings. The number of carboxylic acids is 1. The molecular weight excluding hydrogens is 333 g/mol. The summed E-state index contributed by atoms with van der Waals surface area (Å²) in [4.78, 5) is 24.3. The van der Waals surface area contributed by atoms with Crippen LogP contribution < -0.4 is 0 Å². The van der Waals surface area contributed by atoms with Gasteiger partial charge in [-0.15, -0.1) is 0 Å². The van der Waals surface area contributed by atoms with Crippen molar-refractivity contribution in [2.45, 2.75) is 19.9 Å². The zero-order chi connectivity index (χ0) is 13.0. The molecule has 0 aliphatic carbocycles. The molecule has 0 atom stereocenters. The maximum atomic E-state index is 12.2. The molecule has 0 bridgehead atoms. The number of carbonyl (C=O) groups is 2. The zero-order valence-corrected chi connectivity index (χ0v) is 11.8. The van der Waals surface area contributed by atoms with Gasteiger partial charge in [-0.25, -0.2) is 0 Å². The molecule has 0 saturated carbocycles. The maximum absolute atomic E-state index is 12.2. The van der Waals surface area contributed by atoms with Gasteiger partial charge in [0.15, 0.2) is 0 Å². The van der Waals surface area contributed by atoms with Crippen LogP contribution in [0.5, 0.6) is 0 Å². The van der Waals surface area contributed by atoms with Gasteiger partial charge in [-0.3, -0.25) is 9.59 Å². The third-order valence-electron chi connectivity index (χ3n) is 2.29. The minimum atomic E-state index is -1.00. The van der Waals surface area contributed by atoms with Crippen LogP contribution in [0.15, 0.2) is 24.3 Å². The minimum Gasteiger partial charge on any atom is -0.480 e. The lowest BCUT2D eigenvalue weighted by molar-refractivity contribution is -0.138. The van der Waals surface area contributed by atoms with E-state index in [0.717, 1.165) is 3.57 Å². The Balaban J connectivity index is 3.00. The first-order chi connectivity index (χ1) is 7.93. The molecule has 92 valence electrons. The standard InChI is InChI=1S/C12H14INO3/c1-8(2)14(7-11(15)16)12(17)9-5-3-4-6-10(9)13/h3-6,8H,7H2,1-2H3,(H,15,16). The predicted molar refractivity (Wildman–Crippen MR) is 73.0 cm³/mol. The Kier molecular flexibility index (Phi) is 4.92. The van der Waals surface area contributed by atoms with Crippen molar-refractivity contribution in [1.29, 1.82) is 0 Å². The Labute approximate surface area is 114 Å². The summed E-state index contributed by atoms with van der Waals surface area (Å²) < 4.78 is 0.825. The van der Waals surface area contributed by atoms with E-state index in [2.05, 4.69) is 22.6 Å². The van der Waals surface area contributed by atoms with Crippen molar-refractivity contribution < 1.29 is 14.7 Å². The van der Waals surface area contributed by atoms with E-state index >= 15 is 0 Å². The second-order valence-electron chi connectivity index (χ2n) is 3.90. The Morgan fingerprint density at radius 1 is 1.35 bits per heavy atom. The normalized spacial score (nSPS) is 10.4. The number of aliphatic carboxylic acids is 1. The molecule has 4 nitrogen and oxygen atoms in total. The molecule has 0 aromatic heterocycles. The van der Waals surface area contributed by atoms with Crippen LogP contribution in [-0.4, -0.2) is 34.5 Å². The molecular formula is C12H14INO3. The summed E-state index contributed by atoms with van der Waals surface area (Å²) in [7, 11) is 0. The fraction of sp³-hybridized carbons (Fsp3) is 0.333. The number of hydrogen-bond acceptors (Lipinski definition) is 2. The molecule has 1 aromatic rings. The summed E-state index contributed by atoms with van der Waals surface area (Å²) in [5, 5.41) is 8.80. The highest BCUT2D eigenvalue weighted by Gasteiger charge is 2.22. The molecule has 1 aromatic carbocycles. The van der Waals surface area contributed by atoms with Crippen molar-refractivity contribution >= 4 is 34.5 Å². The van der Waals surface area contributed by atoms with Crippen LogP contribution in [0.25, 0.3) is 0 Å². The maximum Gasteiger partial charge on any atom is 0.323 e. The highest BCUT2D eigenvalue weighted by atomic mass is 127. The molecule has 0 unspecified atom stereocenters. The molecule has 0 heterocycles. The smallest absolute Gasteiger partial charge is 0.323 e. The van der Waals surface area contributed by atoms with Crippen molar-refractivity contribution in [2.75, 3.05) is 6.54 Å². The third-order valence-corrected chi connectivity index (χ3v) is 3.23. The van der Waals surface area contributed by atoms with Gasteiger partial charge in [0, 0.05) is 9.61 Å². The van der Waals surface area contributed by atoms with E-state index in [-0.39, 0.29) is 18.5 Å². The second-order valence-corrected chi connectivity index (χ2v) is 5.06. The van der Waals surface area contributed by atoms with Gasteiger partial charge in [-0.1, -0.05) is 12.1 Å². The van der Waals surface area contributed by atoms with Gasteiger partial charge in [0.1, 0.15) is 6.54 Å². The monoisotopic (exact) mass is 347 g/mol. The summed E-state index contributed by atoms with van der Waals surface area (Å²) in [6.07, 6.45) is 0. The van der Waals surface area contributed by atoms with Gasteiger partial charge in [-0.2, -0.15) is 0 Å². The van der Waals surface area contributed by atoms with Gasteiger partial charge in [-0.05, 0) is 48.6 Å². The van der Waals surface area contributed by atoms with Crippen LogP contribution in [0.4, 0.5) is 0 Å². The predicted octanol–water partition coefficient (Wildman–Crippen LogP) is 2.23. The lowest BCUT2D eigenvalue weighted by atomic mass is 10.1. The first-order valence-electron chi connectivity index (χ1n) is 5.20. The summed E-state index contributed by atoms with van der Waals surface area (Å²) in [5.74, 6) is -1.25. The Morgan fingerprint density at radius 2 is 1.94 bits per heavy atom. The van der Waals surface area contributed by atoms with Crippen LogP contribution in [0.3, 0.4) is 0 Å². The van der Waals surface area contributed by atoms with Crippen molar-refractivity contribution in [2.24, 2.45) is 0 Å². The van der Waals surface area contributed by atoms with Crippen LogP contribution in [0.2, 0.25) is 0 Å². The Hall–Kier alpha value is -1.11. The Morgan fingerprint density at radius 3 is 2.41 bits per heavy atom. The van der Waals surface area contributed by atoms with E-state index < -0.39 is 5.97 Å². The molecule has 1 N–H and O–H groups in total. The van der Waals surface area contributed by atoms with Crippen molar-refractivity contribution in [3.05, 3.63) is 33.4 Å². The van der Waals surface area contributed by atoms with E-state index in [1.165, 1.54) is 4.90 Å². The van der Waals surface area contributed by atoms with E-state index in [9.17, 15) is 9.59 Å². The molecule has 0 radical (unpaired) electrons. The summed E-state index contributed by atoms with van der Waals surface area (Å²) in [6.45, 7) is 3.33. The first kappa shape index (κ1) is 14.0. The number of benzene rings is 1. The van der Waals surface area contributed by atoms with E-state index in [4.69, 9.17) is 5.11 Å². The molecule has 0 saturated heterocycles. The Bertz CT molecular complexity index is 432. The van der Waals surface area contributed by atoms with E-state index in [0.29, 0.717) is 5.56 Å². The summed E-state index contributed by atoms with van der Waals surface area (Å²) >= 11 is 2.07. The van der Waals surface area contributed by atoms with E-state index in [1.807, 2.05) is 12.1 Å². The number of rotatable bonds is 4. The average molecular weight is 347 g/mol. The van der Waals surface area contributed by atoms with Gasteiger partial charge in [0.05, 0.1) is 5.56 Å². The van der Waals surface area contributed by atoms with Gasteiger partial charge < -0.3 is 10.0 Å². The molecule has 1 rings (SSSR count). The fourth-order valence-corrected chi connectivity index (χ4v) is 2.04. The van der Waals surface area contributed by atoms with Crippen LogP contribution in [0.1, 0.15) is 24.2 Å². The summed E-state index contributed by atoms with van der Waals surface area (Å²) in [6, 6.07) is 7.01. The number of nitrogens with zero attached hydrogens (tertiary/aromatic N) is 1. The number of carbonyl (C=O) groups excluding carboxylic acids is 1. The van der Waals surface area contributed by atoms with Crippen molar-refractivity contribution in [3.8, 4) is 0 Å². The first-order valence-corrected chi connectivity index (χ1v) is 6.28. The molecule has 17 heavy (non-hydrogen) atoms. The van der Waals surface area contributed by atoms with Crippen molar-refractivity contribution in [1.82, 2.24) is 4.90 Å². The third kappa shape index (κ3) is 3.69. The highest BCUT2D eigenvalue weighted by molar-refractivity contribution is 14.1. The molecule has 0 fully saturated rings. The second kappa shape index (κ2) is 6.00. The van der Waals surface area contributed by atoms with Crippen LogP contribution in [-0.2, 0) is 4.79 Å². The minimum absolute atomic E-state index is 0.144. The zero-order valence-electron chi connectivity index (χ0n) is 9.68. The number of hydrogen-bond donors (Lipinski definition) is 1. The molecule has 0 aliphatic heterocycles. The molecule has 0 spiro atoms. The number of amides is 1. The SMILES string of the molecule is CC(C)N(CC(=O)O)C(=O)c1ccccc1I. The van der Waals surface area contributed by atoms with Gasteiger partial charge in [0.25, 0.3) is 5.91 Å². The van der Waals surface area contributed by atoms with Gasteiger partial charge >= 0.3 is 5.97 Å². The average Bonchev–Trinajstić information content (AvgIpc) is 2.25. The molecule has 5 heteroatoms.